The summed E-state index contributed by atoms with van der Waals surface area (Å²) in [7, 11) is 5.06. The van der Waals surface area contributed by atoms with Gasteiger partial charge in [0.15, 0.2) is 5.96 Å². The number of methoxy groups -OCH3 is 1. The molecule has 28 heavy (non-hydrogen) atoms. The normalized spacial score (nSPS) is 20.3. The number of hydrogen-bond donors (Lipinski definition) is 3. The first-order valence-electron chi connectivity index (χ1n) is 9.84. The molecule has 9 heteroatoms. The molecular weight excluding hydrogens is 362 g/mol. The van der Waals surface area contributed by atoms with E-state index in [0.717, 1.165) is 25.7 Å². The van der Waals surface area contributed by atoms with E-state index in [1.165, 1.54) is 4.90 Å². The molecule has 1 aliphatic carbocycles. The van der Waals surface area contributed by atoms with Crippen LogP contribution in [-0.4, -0.2) is 81.4 Å². The number of rotatable bonds is 7. The Balaban J connectivity index is 2.49. The van der Waals surface area contributed by atoms with E-state index < -0.39 is 5.60 Å². The molecule has 0 aliphatic heterocycles. The van der Waals surface area contributed by atoms with Crippen LogP contribution in [0.3, 0.4) is 0 Å². The summed E-state index contributed by atoms with van der Waals surface area (Å²) in [6, 6.07) is 0.352. The minimum atomic E-state index is -0.494. The van der Waals surface area contributed by atoms with Gasteiger partial charge in [0.25, 0.3) is 0 Å². The molecule has 3 N–H and O–H groups in total. The highest BCUT2D eigenvalue weighted by atomic mass is 16.6. The van der Waals surface area contributed by atoms with Gasteiger partial charge in [0.1, 0.15) is 12.1 Å². The third-order valence-corrected chi connectivity index (χ3v) is 4.26. The van der Waals surface area contributed by atoms with Crippen molar-refractivity contribution in [2.45, 2.75) is 64.1 Å². The SMILES string of the molecule is COCCNC(=NCC(=O)N(C)C)NC1CCC(NC(=O)OC(C)(C)C)CC1. The lowest BCUT2D eigenvalue weighted by molar-refractivity contribution is -0.127. The zero-order valence-electron chi connectivity index (χ0n) is 18.1. The van der Waals surface area contributed by atoms with Gasteiger partial charge in [0.05, 0.1) is 6.61 Å². The van der Waals surface area contributed by atoms with Gasteiger partial charge >= 0.3 is 6.09 Å². The molecule has 1 fully saturated rings. The number of carbonyl (C=O) groups excluding carboxylic acids is 2. The minimum Gasteiger partial charge on any atom is -0.444 e. The molecule has 2 amide bonds. The van der Waals surface area contributed by atoms with Crippen LogP contribution in [0.4, 0.5) is 4.79 Å². The zero-order chi connectivity index (χ0) is 21.2. The molecule has 0 atom stereocenters. The molecule has 1 aliphatic rings. The fraction of sp³-hybridized carbons (Fsp3) is 0.842. The summed E-state index contributed by atoms with van der Waals surface area (Å²) >= 11 is 0. The van der Waals surface area contributed by atoms with Crippen LogP contribution in [-0.2, 0) is 14.3 Å². The predicted octanol–water partition coefficient (Wildman–Crippen LogP) is 1.09. The van der Waals surface area contributed by atoms with Crippen LogP contribution in [0.1, 0.15) is 46.5 Å². The van der Waals surface area contributed by atoms with Crippen molar-refractivity contribution in [3.8, 4) is 0 Å². The molecule has 0 heterocycles. The highest BCUT2D eigenvalue weighted by molar-refractivity contribution is 5.84. The first-order valence-corrected chi connectivity index (χ1v) is 9.84. The second-order valence-corrected chi connectivity index (χ2v) is 8.21. The van der Waals surface area contributed by atoms with Crippen LogP contribution in [0.5, 0.6) is 0 Å². The van der Waals surface area contributed by atoms with Crippen molar-refractivity contribution in [3.05, 3.63) is 0 Å². The van der Waals surface area contributed by atoms with Crippen LogP contribution in [0.15, 0.2) is 4.99 Å². The number of hydrogen-bond acceptors (Lipinski definition) is 5. The molecule has 1 rings (SSSR count). The predicted molar refractivity (Wildman–Crippen MR) is 109 cm³/mol. The van der Waals surface area contributed by atoms with Gasteiger partial charge in [-0.25, -0.2) is 9.79 Å². The Morgan fingerprint density at radius 2 is 1.64 bits per heavy atom. The van der Waals surface area contributed by atoms with Gasteiger partial charge in [0, 0.05) is 39.8 Å². The van der Waals surface area contributed by atoms with Crippen LogP contribution in [0, 0.1) is 0 Å². The minimum absolute atomic E-state index is 0.0573. The Labute approximate surface area is 168 Å². The van der Waals surface area contributed by atoms with Crippen LogP contribution in [0.2, 0.25) is 0 Å². The van der Waals surface area contributed by atoms with Gasteiger partial charge in [0.2, 0.25) is 5.91 Å². The lowest BCUT2D eigenvalue weighted by Gasteiger charge is -2.31. The molecule has 0 unspecified atom stereocenters. The van der Waals surface area contributed by atoms with Crippen molar-refractivity contribution in [1.82, 2.24) is 20.9 Å². The average molecular weight is 400 g/mol. The van der Waals surface area contributed by atoms with Gasteiger partial charge in [-0.3, -0.25) is 4.79 Å². The highest BCUT2D eigenvalue weighted by Crippen LogP contribution is 2.19. The number of nitrogens with one attached hydrogen (secondary N) is 3. The summed E-state index contributed by atoms with van der Waals surface area (Å²) in [5.41, 5.74) is -0.494. The molecule has 1 saturated carbocycles. The van der Waals surface area contributed by atoms with Gasteiger partial charge in [-0.15, -0.1) is 0 Å². The molecule has 0 saturated heterocycles. The standard InChI is InChI=1S/C19H37N5O4/c1-19(2,3)28-18(26)23-15-9-7-14(8-10-15)22-17(20-11-12-27-6)21-13-16(25)24(4)5/h14-15H,7-13H2,1-6H3,(H,23,26)(H2,20,21,22). The third-order valence-electron chi connectivity index (χ3n) is 4.26. The van der Waals surface area contributed by atoms with E-state index in [1.54, 1.807) is 21.2 Å². The second-order valence-electron chi connectivity index (χ2n) is 8.21. The number of aliphatic imine (C=N–C) groups is 1. The number of guanidine groups is 1. The van der Waals surface area contributed by atoms with E-state index in [4.69, 9.17) is 9.47 Å². The molecule has 0 aromatic heterocycles. The number of alkyl carbamates (subject to hydrolysis) is 1. The largest absolute Gasteiger partial charge is 0.444 e. The zero-order valence-corrected chi connectivity index (χ0v) is 18.1. The fourth-order valence-electron chi connectivity index (χ4n) is 2.76. The van der Waals surface area contributed by atoms with Crippen LogP contribution in [0.25, 0.3) is 0 Å². The summed E-state index contributed by atoms with van der Waals surface area (Å²) in [5.74, 6) is 0.550. The van der Waals surface area contributed by atoms with Crippen molar-refractivity contribution in [2.75, 3.05) is 40.9 Å². The first kappa shape index (κ1) is 24.0. The number of carbonyl (C=O) groups is 2. The van der Waals surface area contributed by atoms with E-state index in [9.17, 15) is 9.59 Å². The molecule has 0 spiro atoms. The second kappa shape index (κ2) is 11.7. The molecule has 9 nitrogen and oxygen atoms in total. The fourth-order valence-corrected chi connectivity index (χ4v) is 2.76. The Bertz CT molecular complexity index is 523. The van der Waals surface area contributed by atoms with Crippen molar-refractivity contribution >= 4 is 18.0 Å². The Kier molecular flexibility index (Phi) is 10.1. The monoisotopic (exact) mass is 399 g/mol. The molecule has 0 aromatic carbocycles. The summed E-state index contributed by atoms with van der Waals surface area (Å²) in [6.45, 7) is 6.80. The van der Waals surface area contributed by atoms with Crippen LogP contribution >= 0.6 is 0 Å². The quantitative estimate of drug-likeness (QED) is 0.336. The molecule has 0 radical (unpaired) electrons. The Morgan fingerprint density at radius 3 is 2.14 bits per heavy atom. The maximum absolute atomic E-state index is 11.9. The van der Waals surface area contributed by atoms with Crippen molar-refractivity contribution in [3.63, 3.8) is 0 Å². The number of ether oxygens (including phenoxy) is 2. The van der Waals surface area contributed by atoms with E-state index >= 15 is 0 Å². The number of nitrogens with zero attached hydrogens (tertiary/aromatic N) is 2. The topological polar surface area (TPSA) is 104 Å². The molecule has 0 bridgehead atoms. The van der Waals surface area contributed by atoms with Gasteiger partial charge in [-0.1, -0.05) is 0 Å². The summed E-state index contributed by atoms with van der Waals surface area (Å²) in [6.07, 6.45) is 3.15. The van der Waals surface area contributed by atoms with E-state index in [2.05, 4.69) is 20.9 Å². The lowest BCUT2D eigenvalue weighted by Crippen LogP contribution is -2.48. The third kappa shape index (κ3) is 10.3. The summed E-state index contributed by atoms with van der Waals surface area (Å²) in [5, 5.41) is 9.52. The Hall–Kier alpha value is -2.03. The summed E-state index contributed by atoms with van der Waals surface area (Å²) in [4.78, 5) is 29.6. The smallest absolute Gasteiger partial charge is 0.407 e. The Morgan fingerprint density at radius 1 is 1.07 bits per heavy atom. The van der Waals surface area contributed by atoms with E-state index in [-0.39, 0.29) is 30.6 Å². The first-order chi connectivity index (χ1) is 13.1. The van der Waals surface area contributed by atoms with E-state index in [0.29, 0.717) is 19.1 Å². The average Bonchev–Trinajstić information content (AvgIpc) is 2.59. The van der Waals surface area contributed by atoms with Crippen LogP contribution < -0.4 is 16.0 Å². The molecule has 162 valence electrons. The number of amides is 2. The van der Waals surface area contributed by atoms with Gasteiger partial charge in [-0.05, 0) is 46.5 Å². The summed E-state index contributed by atoms with van der Waals surface area (Å²) < 4.78 is 10.4. The maximum Gasteiger partial charge on any atom is 0.407 e. The van der Waals surface area contributed by atoms with Crippen molar-refractivity contribution in [1.29, 1.82) is 0 Å². The lowest BCUT2D eigenvalue weighted by atomic mass is 9.91. The van der Waals surface area contributed by atoms with Crippen molar-refractivity contribution in [2.24, 2.45) is 4.99 Å². The number of likely N-dealkylation sites (N-methyl/N-ethyl adjacent to an activating group) is 1. The highest BCUT2D eigenvalue weighted by Gasteiger charge is 2.25. The van der Waals surface area contributed by atoms with Crippen molar-refractivity contribution < 1.29 is 19.1 Å². The molecule has 0 aromatic rings. The van der Waals surface area contributed by atoms with Gasteiger partial charge < -0.3 is 30.3 Å². The maximum atomic E-state index is 11.9. The van der Waals surface area contributed by atoms with E-state index in [1.807, 2.05) is 20.8 Å². The molecular formula is C19H37N5O4. The van der Waals surface area contributed by atoms with Gasteiger partial charge in [-0.2, -0.15) is 0 Å².